The molecule has 1 aliphatic rings. The maximum atomic E-state index is 12.7. The van der Waals surface area contributed by atoms with Crippen LogP contribution in [-0.2, 0) is 9.59 Å². The molecule has 0 aliphatic carbocycles. The summed E-state index contributed by atoms with van der Waals surface area (Å²) >= 11 is 0. The number of aromatic nitrogens is 1. The average Bonchev–Trinajstić information content (AvgIpc) is 3.24. The van der Waals surface area contributed by atoms with Gasteiger partial charge in [0.25, 0.3) is 0 Å². The number of hydrogen-bond acceptors (Lipinski definition) is 5. The van der Waals surface area contributed by atoms with Crippen LogP contribution >= 0.6 is 0 Å². The number of carbonyl (C=O) groups excluding carboxylic acids is 2. The number of hydrogen-bond donors (Lipinski definition) is 1. The van der Waals surface area contributed by atoms with Crippen LogP contribution in [0.2, 0.25) is 0 Å². The topological polar surface area (TPSA) is 84.7 Å². The number of fused-ring (bicyclic) bond motifs is 1. The van der Waals surface area contributed by atoms with E-state index in [0.717, 1.165) is 0 Å². The molecule has 1 N–H and O–H groups in total. The molecule has 0 spiro atoms. The fourth-order valence-corrected chi connectivity index (χ4v) is 3.44. The van der Waals surface area contributed by atoms with Crippen LogP contribution in [-0.4, -0.2) is 29.9 Å². The Balaban J connectivity index is 1.49. The summed E-state index contributed by atoms with van der Waals surface area (Å²) in [7, 11) is 0. The Morgan fingerprint density at radius 3 is 2.96 bits per heavy atom. The van der Waals surface area contributed by atoms with Crippen molar-refractivity contribution < 1.29 is 18.7 Å². The molecule has 1 fully saturated rings. The van der Waals surface area contributed by atoms with Gasteiger partial charge in [0, 0.05) is 25.6 Å². The largest absolute Gasteiger partial charge is 0.492 e. The lowest BCUT2D eigenvalue weighted by Crippen LogP contribution is -2.28. The highest BCUT2D eigenvalue weighted by Gasteiger charge is 2.36. The lowest BCUT2D eigenvalue weighted by atomic mass is 10.1. The molecule has 2 aromatic carbocycles. The van der Waals surface area contributed by atoms with Crippen molar-refractivity contribution in [1.82, 2.24) is 4.98 Å². The molecular formula is C21H21N3O4. The van der Waals surface area contributed by atoms with Crippen molar-refractivity contribution in [2.75, 3.05) is 23.4 Å². The Morgan fingerprint density at radius 2 is 2.14 bits per heavy atom. The molecule has 0 unspecified atom stereocenters. The number of rotatable bonds is 5. The Kier molecular flexibility index (Phi) is 4.73. The predicted molar refractivity (Wildman–Crippen MR) is 105 cm³/mol. The van der Waals surface area contributed by atoms with Gasteiger partial charge in [0.1, 0.15) is 11.3 Å². The number of oxazole rings is 1. The molecule has 7 heteroatoms. The van der Waals surface area contributed by atoms with E-state index in [4.69, 9.17) is 9.15 Å². The zero-order valence-electron chi connectivity index (χ0n) is 15.8. The molecule has 1 aromatic heterocycles. The molecule has 3 aromatic rings. The second-order valence-corrected chi connectivity index (χ2v) is 6.71. The SMILES string of the molecule is CCOc1ccccc1N1C[C@H](C(=O)Nc2ccc3oc(C)nc3c2)CC1=O. The second kappa shape index (κ2) is 7.34. The molecule has 0 bridgehead atoms. The van der Waals surface area contributed by atoms with Crippen molar-refractivity contribution in [3.63, 3.8) is 0 Å². The van der Waals surface area contributed by atoms with E-state index < -0.39 is 5.92 Å². The van der Waals surface area contributed by atoms with Crippen LogP contribution in [0.25, 0.3) is 11.1 Å². The molecule has 7 nitrogen and oxygen atoms in total. The van der Waals surface area contributed by atoms with Crippen LogP contribution in [0.4, 0.5) is 11.4 Å². The van der Waals surface area contributed by atoms with Gasteiger partial charge in [-0.3, -0.25) is 9.59 Å². The second-order valence-electron chi connectivity index (χ2n) is 6.71. The molecule has 0 radical (unpaired) electrons. The minimum absolute atomic E-state index is 0.0881. The molecular weight excluding hydrogens is 358 g/mol. The van der Waals surface area contributed by atoms with Gasteiger partial charge in [0.2, 0.25) is 11.8 Å². The van der Waals surface area contributed by atoms with Crippen LogP contribution in [0.1, 0.15) is 19.2 Å². The Morgan fingerprint density at radius 1 is 1.32 bits per heavy atom. The van der Waals surface area contributed by atoms with Crippen molar-refractivity contribution >= 4 is 34.3 Å². The summed E-state index contributed by atoms with van der Waals surface area (Å²) in [6.07, 6.45) is 0.164. The van der Waals surface area contributed by atoms with Crippen molar-refractivity contribution in [1.29, 1.82) is 0 Å². The fraction of sp³-hybridized carbons (Fsp3) is 0.286. The first kappa shape index (κ1) is 18.0. The number of ether oxygens (including phenoxy) is 1. The van der Waals surface area contributed by atoms with Gasteiger partial charge in [-0.15, -0.1) is 0 Å². The third-order valence-corrected chi connectivity index (χ3v) is 4.71. The molecule has 4 rings (SSSR count). The Hall–Kier alpha value is -3.35. The minimum Gasteiger partial charge on any atom is -0.492 e. The number of benzene rings is 2. The molecule has 0 saturated carbocycles. The highest BCUT2D eigenvalue weighted by atomic mass is 16.5. The summed E-state index contributed by atoms with van der Waals surface area (Å²) in [5, 5.41) is 2.89. The molecule has 144 valence electrons. The van der Waals surface area contributed by atoms with Gasteiger partial charge in [-0.1, -0.05) is 12.1 Å². The van der Waals surface area contributed by atoms with Gasteiger partial charge < -0.3 is 19.4 Å². The van der Waals surface area contributed by atoms with Gasteiger partial charge in [0.05, 0.1) is 18.2 Å². The van der Waals surface area contributed by atoms with E-state index in [0.29, 0.717) is 47.3 Å². The summed E-state index contributed by atoms with van der Waals surface area (Å²) < 4.78 is 11.1. The van der Waals surface area contributed by atoms with E-state index >= 15 is 0 Å². The fourth-order valence-electron chi connectivity index (χ4n) is 3.44. The molecule has 28 heavy (non-hydrogen) atoms. The van der Waals surface area contributed by atoms with E-state index in [1.54, 1.807) is 30.0 Å². The minimum atomic E-state index is -0.433. The Labute approximate surface area is 162 Å². The van der Waals surface area contributed by atoms with Crippen LogP contribution < -0.4 is 15.0 Å². The normalized spacial score (nSPS) is 16.6. The highest BCUT2D eigenvalue weighted by molar-refractivity contribution is 6.04. The zero-order valence-corrected chi connectivity index (χ0v) is 15.8. The molecule has 1 atom stereocenters. The van der Waals surface area contributed by atoms with Gasteiger partial charge in [-0.25, -0.2) is 4.98 Å². The number of amides is 2. The Bertz CT molecular complexity index is 1040. The number of nitrogens with zero attached hydrogens (tertiary/aromatic N) is 2. The first-order chi connectivity index (χ1) is 13.5. The van der Waals surface area contributed by atoms with E-state index in [2.05, 4.69) is 10.3 Å². The molecule has 1 saturated heterocycles. The van der Waals surface area contributed by atoms with Gasteiger partial charge in [-0.05, 0) is 37.3 Å². The van der Waals surface area contributed by atoms with Crippen molar-refractivity contribution in [2.24, 2.45) is 5.92 Å². The summed E-state index contributed by atoms with van der Waals surface area (Å²) in [4.78, 5) is 31.2. The molecule has 2 heterocycles. The standard InChI is InChI=1S/C21H21N3O4/c1-3-27-19-7-5-4-6-17(19)24-12-14(10-20(24)25)21(26)23-15-8-9-18-16(11-15)22-13(2)28-18/h4-9,11,14H,3,10,12H2,1-2H3,(H,23,26)/t14-/m1/s1. The third-order valence-electron chi connectivity index (χ3n) is 4.71. The van der Waals surface area contributed by atoms with Crippen molar-refractivity contribution in [3.8, 4) is 5.75 Å². The van der Waals surface area contributed by atoms with Crippen LogP contribution in [0.3, 0.4) is 0 Å². The summed E-state index contributed by atoms with van der Waals surface area (Å²) in [6.45, 7) is 4.50. The van der Waals surface area contributed by atoms with Crippen LogP contribution in [0, 0.1) is 12.8 Å². The zero-order chi connectivity index (χ0) is 19.7. The maximum Gasteiger partial charge on any atom is 0.229 e. The summed E-state index contributed by atoms with van der Waals surface area (Å²) in [5.41, 5.74) is 2.69. The van der Waals surface area contributed by atoms with Crippen LogP contribution in [0.15, 0.2) is 46.9 Å². The first-order valence-corrected chi connectivity index (χ1v) is 9.25. The van der Waals surface area contributed by atoms with E-state index in [1.165, 1.54) is 0 Å². The lowest BCUT2D eigenvalue weighted by molar-refractivity contribution is -0.122. The molecule has 1 aliphatic heterocycles. The lowest BCUT2D eigenvalue weighted by Gasteiger charge is -2.20. The van der Waals surface area contributed by atoms with Gasteiger partial charge in [-0.2, -0.15) is 0 Å². The monoisotopic (exact) mass is 379 g/mol. The summed E-state index contributed by atoms with van der Waals surface area (Å²) in [5.74, 6) is 0.505. The number of carbonyl (C=O) groups is 2. The number of nitrogens with one attached hydrogen (secondary N) is 1. The van der Waals surface area contributed by atoms with E-state index in [9.17, 15) is 9.59 Å². The summed E-state index contributed by atoms with van der Waals surface area (Å²) in [6, 6.07) is 12.7. The number of anilines is 2. The van der Waals surface area contributed by atoms with Gasteiger partial charge >= 0.3 is 0 Å². The predicted octanol–water partition coefficient (Wildman–Crippen LogP) is 3.53. The van der Waals surface area contributed by atoms with Crippen molar-refractivity contribution in [2.45, 2.75) is 20.3 Å². The quantitative estimate of drug-likeness (QED) is 0.733. The molecule has 2 amide bonds. The first-order valence-electron chi connectivity index (χ1n) is 9.25. The maximum absolute atomic E-state index is 12.7. The number of para-hydroxylation sites is 2. The van der Waals surface area contributed by atoms with Crippen molar-refractivity contribution in [3.05, 3.63) is 48.4 Å². The van der Waals surface area contributed by atoms with Crippen LogP contribution in [0.5, 0.6) is 5.75 Å². The number of aryl methyl sites for hydroxylation is 1. The average molecular weight is 379 g/mol. The smallest absolute Gasteiger partial charge is 0.229 e. The highest BCUT2D eigenvalue weighted by Crippen LogP contribution is 2.33. The third kappa shape index (κ3) is 3.43. The van der Waals surface area contributed by atoms with Gasteiger partial charge in [0.15, 0.2) is 11.5 Å². The van der Waals surface area contributed by atoms with E-state index in [-0.39, 0.29) is 18.2 Å². The van der Waals surface area contributed by atoms with E-state index in [1.807, 2.05) is 31.2 Å².